The van der Waals surface area contributed by atoms with Gasteiger partial charge in [-0.05, 0) is 12.1 Å². The highest BCUT2D eigenvalue weighted by Gasteiger charge is 2.12. The largest absolute Gasteiger partial charge is 0.459 e. The highest BCUT2D eigenvalue weighted by atomic mass is 35.5. The molecular formula is C9H7Cl3O2. The van der Waals surface area contributed by atoms with Gasteiger partial charge in [0.2, 0.25) is 0 Å². The van der Waals surface area contributed by atoms with E-state index in [0.29, 0.717) is 10.6 Å². The molecule has 0 spiro atoms. The molecule has 1 rings (SSSR count). The maximum Gasteiger partial charge on any atom is 0.339 e. The van der Waals surface area contributed by atoms with E-state index in [1.807, 2.05) is 0 Å². The van der Waals surface area contributed by atoms with Crippen LogP contribution < -0.4 is 0 Å². The molecule has 1 aromatic carbocycles. The summed E-state index contributed by atoms with van der Waals surface area (Å²) in [6, 6.07) is 6.60. The van der Waals surface area contributed by atoms with Crippen molar-refractivity contribution < 1.29 is 9.53 Å². The number of alkyl halides is 2. The highest BCUT2D eigenvalue weighted by molar-refractivity contribution is 6.44. The van der Waals surface area contributed by atoms with Crippen LogP contribution in [0.1, 0.15) is 10.4 Å². The monoisotopic (exact) mass is 252 g/mol. The van der Waals surface area contributed by atoms with Crippen LogP contribution in [0.15, 0.2) is 24.3 Å². The van der Waals surface area contributed by atoms with Crippen molar-refractivity contribution in [3.8, 4) is 0 Å². The minimum atomic E-state index is -0.721. The Morgan fingerprint density at radius 2 is 2.00 bits per heavy atom. The smallest absolute Gasteiger partial charge is 0.339 e. The summed E-state index contributed by atoms with van der Waals surface area (Å²) in [6.07, 6.45) is 0. The van der Waals surface area contributed by atoms with Crippen molar-refractivity contribution in [3.05, 3.63) is 34.9 Å². The average Bonchev–Trinajstić information content (AvgIpc) is 2.15. The Bertz CT molecular complexity index is 326. The van der Waals surface area contributed by atoms with Gasteiger partial charge in [-0.2, -0.15) is 0 Å². The van der Waals surface area contributed by atoms with E-state index in [1.54, 1.807) is 24.3 Å². The molecule has 0 saturated heterocycles. The fourth-order valence-electron chi connectivity index (χ4n) is 0.843. The molecule has 1 aromatic rings. The third kappa shape index (κ3) is 3.37. The zero-order valence-corrected chi connectivity index (χ0v) is 9.31. The molecule has 0 atom stereocenters. The number of esters is 1. The van der Waals surface area contributed by atoms with Crippen molar-refractivity contribution in [2.75, 3.05) is 6.61 Å². The van der Waals surface area contributed by atoms with Gasteiger partial charge in [0.1, 0.15) is 11.4 Å². The predicted molar refractivity (Wildman–Crippen MR) is 57.2 cm³/mol. The van der Waals surface area contributed by atoms with Crippen molar-refractivity contribution in [1.29, 1.82) is 0 Å². The molecule has 0 amide bonds. The molecule has 0 saturated carbocycles. The van der Waals surface area contributed by atoms with Gasteiger partial charge in [-0.25, -0.2) is 4.79 Å². The quantitative estimate of drug-likeness (QED) is 0.610. The van der Waals surface area contributed by atoms with Crippen LogP contribution in [-0.2, 0) is 4.74 Å². The van der Waals surface area contributed by atoms with Gasteiger partial charge in [0, 0.05) is 0 Å². The number of hydrogen-bond acceptors (Lipinski definition) is 2. The number of halogens is 3. The number of ether oxygens (including phenoxy) is 1. The molecule has 0 bridgehead atoms. The van der Waals surface area contributed by atoms with Gasteiger partial charge in [0.05, 0.1) is 10.6 Å². The first-order valence-corrected chi connectivity index (χ1v) is 5.06. The Hall–Kier alpha value is -0.440. The molecule has 0 fully saturated rings. The standard InChI is InChI=1S/C9H7Cl3O2/c10-7-4-2-1-3-6(7)9(13)14-5-8(11)12/h1-4,8H,5H2. The molecule has 0 N–H and O–H groups in total. The van der Waals surface area contributed by atoms with Gasteiger partial charge in [-0.1, -0.05) is 23.7 Å². The zero-order valence-electron chi connectivity index (χ0n) is 7.04. The fraction of sp³-hybridized carbons (Fsp3) is 0.222. The number of carbonyl (C=O) groups is 1. The van der Waals surface area contributed by atoms with E-state index < -0.39 is 10.8 Å². The summed E-state index contributed by atoms with van der Waals surface area (Å²) in [6.45, 7) is -0.0484. The minimum absolute atomic E-state index is 0.0484. The third-order valence-electron chi connectivity index (χ3n) is 1.43. The maximum absolute atomic E-state index is 11.3. The lowest BCUT2D eigenvalue weighted by atomic mass is 10.2. The van der Waals surface area contributed by atoms with Crippen molar-refractivity contribution >= 4 is 40.8 Å². The molecule has 14 heavy (non-hydrogen) atoms. The average molecular weight is 254 g/mol. The fourth-order valence-corrected chi connectivity index (χ4v) is 1.18. The van der Waals surface area contributed by atoms with E-state index in [4.69, 9.17) is 39.5 Å². The maximum atomic E-state index is 11.3. The van der Waals surface area contributed by atoms with Crippen LogP contribution >= 0.6 is 34.8 Å². The lowest BCUT2D eigenvalue weighted by Crippen LogP contribution is -2.10. The van der Waals surface area contributed by atoms with E-state index in [-0.39, 0.29) is 6.61 Å². The van der Waals surface area contributed by atoms with Gasteiger partial charge in [0.15, 0.2) is 0 Å². The van der Waals surface area contributed by atoms with Gasteiger partial charge in [-0.15, -0.1) is 23.2 Å². The van der Waals surface area contributed by atoms with Gasteiger partial charge in [-0.3, -0.25) is 0 Å². The molecule has 0 unspecified atom stereocenters. The third-order valence-corrected chi connectivity index (χ3v) is 2.02. The predicted octanol–water partition coefficient (Wildman–Crippen LogP) is 3.30. The van der Waals surface area contributed by atoms with Crippen molar-refractivity contribution in [2.24, 2.45) is 0 Å². The lowest BCUT2D eigenvalue weighted by molar-refractivity contribution is 0.0521. The van der Waals surface area contributed by atoms with Gasteiger partial charge < -0.3 is 4.74 Å². The van der Waals surface area contributed by atoms with E-state index in [1.165, 1.54) is 0 Å². The van der Waals surface area contributed by atoms with Crippen LogP contribution in [0.3, 0.4) is 0 Å². The second kappa shape index (κ2) is 5.44. The molecule has 0 aliphatic carbocycles. The number of hydrogen-bond donors (Lipinski definition) is 0. The van der Waals surface area contributed by atoms with Crippen LogP contribution in [0.25, 0.3) is 0 Å². The molecule has 0 radical (unpaired) electrons. The Kier molecular flexibility index (Phi) is 4.52. The molecular weight excluding hydrogens is 246 g/mol. The van der Waals surface area contributed by atoms with Crippen LogP contribution in [0, 0.1) is 0 Å². The van der Waals surface area contributed by atoms with Crippen LogP contribution in [0.2, 0.25) is 5.02 Å². The highest BCUT2D eigenvalue weighted by Crippen LogP contribution is 2.16. The van der Waals surface area contributed by atoms with Crippen LogP contribution in [-0.4, -0.2) is 17.4 Å². The summed E-state index contributed by atoms with van der Waals surface area (Å²) in [5.41, 5.74) is 0.308. The Morgan fingerprint density at radius 3 is 2.57 bits per heavy atom. The molecule has 76 valence electrons. The molecule has 2 nitrogen and oxygen atoms in total. The number of carbonyl (C=O) groups excluding carboxylic acids is 1. The van der Waals surface area contributed by atoms with Crippen molar-refractivity contribution in [3.63, 3.8) is 0 Å². The molecule has 0 aliphatic heterocycles. The molecule has 0 heterocycles. The summed E-state index contributed by atoms with van der Waals surface area (Å²) in [7, 11) is 0. The zero-order chi connectivity index (χ0) is 10.6. The second-order valence-electron chi connectivity index (χ2n) is 2.47. The molecule has 0 aromatic heterocycles. The Morgan fingerprint density at radius 1 is 1.36 bits per heavy atom. The Balaban J connectivity index is 2.65. The summed E-state index contributed by atoms with van der Waals surface area (Å²) in [4.78, 5) is 10.6. The summed E-state index contributed by atoms with van der Waals surface area (Å²) in [5, 5.41) is 0.346. The van der Waals surface area contributed by atoms with Gasteiger partial charge in [0.25, 0.3) is 0 Å². The molecule has 5 heteroatoms. The summed E-state index contributed by atoms with van der Waals surface area (Å²) in [5.74, 6) is -0.526. The normalized spacial score (nSPS) is 10.3. The van der Waals surface area contributed by atoms with E-state index in [9.17, 15) is 4.79 Å². The molecule has 0 aliphatic rings. The Labute approximate surface area is 96.7 Å². The first-order valence-electron chi connectivity index (χ1n) is 3.81. The SMILES string of the molecule is O=C(OCC(Cl)Cl)c1ccccc1Cl. The van der Waals surface area contributed by atoms with Crippen molar-refractivity contribution in [2.45, 2.75) is 4.84 Å². The van der Waals surface area contributed by atoms with E-state index >= 15 is 0 Å². The number of benzene rings is 1. The van der Waals surface area contributed by atoms with E-state index in [0.717, 1.165) is 0 Å². The number of rotatable bonds is 3. The first-order chi connectivity index (χ1) is 6.61. The van der Waals surface area contributed by atoms with Gasteiger partial charge >= 0.3 is 5.97 Å². The van der Waals surface area contributed by atoms with Crippen molar-refractivity contribution in [1.82, 2.24) is 0 Å². The first kappa shape index (κ1) is 11.6. The summed E-state index contributed by atoms with van der Waals surface area (Å²) < 4.78 is 4.78. The summed E-state index contributed by atoms with van der Waals surface area (Å²) >= 11 is 16.6. The topological polar surface area (TPSA) is 26.3 Å². The van der Waals surface area contributed by atoms with Crippen LogP contribution in [0.4, 0.5) is 0 Å². The van der Waals surface area contributed by atoms with Crippen LogP contribution in [0.5, 0.6) is 0 Å². The lowest BCUT2D eigenvalue weighted by Gasteiger charge is -2.05. The van der Waals surface area contributed by atoms with E-state index in [2.05, 4.69) is 0 Å². The minimum Gasteiger partial charge on any atom is -0.459 e. The second-order valence-corrected chi connectivity index (χ2v) is 4.15.